The number of rotatable bonds is 7. The second-order valence-electron chi connectivity index (χ2n) is 8.57. The van der Waals surface area contributed by atoms with E-state index >= 15 is 0 Å². The SMILES string of the molecule is Cc1nnc(CN=C(NCCN2CCOCC2)NC2CCCN(c3cnn(C)c3)C2)n1C.I. The molecule has 1 unspecified atom stereocenters. The molecule has 11 nitrogen and oxygen atoms in total. The molecule has 2 aliphatic heterocycles. The van der Waals surface area contributed by atoms with Crippen molar-refractivity contribution >= 4 is 35.6 Å². The van der Waals surface area contributed by atoms with Crippen LogP contribution in [0.4, 0.5) is 5.69 Å². The molecule has 0 radical (unpaired) electrons. The number of hydrogen-bond donors (Lipinski definition) is 2. The first-order valence-electron chi connectivity index (χ1n) is 11.5. The third-order valence-electron chi connectivity index (χ3n) is 6.20. The van der Waals surface area contributed by atoms with Gasteiger partial charge in [0, 0.05) is 65.6 Å². The van der Waals surface area contributed by atoms with Gasteiger partial charge in [-0.3, -0.25) is 9.58 Å². The maximum atomic E-state index is 5.45. The number of nitrogens with zero attached hydrogens (tertiary/aromatic N) is 8. The molecule has 33 heavy (non-hydrogen) atoms. The van der Waals surface area contributed by atoms with Crippen molar-refractivity contribution < 1.29 is 4.74 Å². The van der Waals surface area contributed by atoms with Gasteiger partial charge in [-0.1, -0.05) is 0 Å². The number of hydrogen-bond acceptors (Lipinski definition) is 7. The number of morpholine rings is 1. The first kappa shape index (κ1) is 25.7. The van der Waals surface area contributed by atoms with Crippen molar-refractivity contribution in [2.45, 2.75) is 32.4 Å². The van der Waals surface area contributed by atoms with Gasteiger partial charge in [-0.25, -0.2) is 4.99 Å². The van der Waals surface area contributed by atoms with Crippen LogP contribution in [0.15, 0.2) is 17.4 Å². The summed E-state index contributed by atoms with van der Waals surface area (Å²) in [5.74, 6) is 2.58. The van der Waals surface area contributed by atoms with E-state index in [0.717, 1.165) is 82.9 Å². The highest BCUT2D eigenvalue weighted by atomic mass is 127. The van der Waals surface area contributed by atoms with Crippen molar-refractivity contribution in [3.05, 3.63) is 24.0 Å². The predicted octanol–water partition coefficient (Wildman–Crippen LogP) is 0.511. The molecule has 0 bridgehead atoms. The molecule has 2 fully saturated rings. The lowest BCUT2D eigenvalue weighted by Gasteiger charge is -2.34. The number of anilines is 1. The maximum Gasteiger partial charge on any atom is 0.192 e. The zero-order valence-electron chi connectivity index (χ0n) is 19.9. The summed E-state index contributed by atoms with van der Waals surface area (Å²) >= 11 is 0. The Labute approximate surface area is 213 Å². The van der Waals surface area contributed by atoms with Crippen molar-refractivity contribution in [1.82, 2.24) is 40.1 Å². The molecule has 4 rings (SSSR count). The lowest BCUT2D eigenvalue weighted by Crippen LogP contribution is -2.52. The second kappa shape index (κ2) is 12.5. The first-order chi connectivity index (χ1) is 15.6. The van der Waals surface area contributed by atoms with Gasteiger partial charge >= 0.3 is 0 Å². The summed E-state index contributed by atoms with van der Waals surface area (Å²) in [6.45, 7) is 9.84. The highest BCUT2D eigenvalue weighted by Gasteiger charge is 2.22. The average molecular weight is 573 g/mol. The van der Waals surface area contributed by atoms with Crippen LogP contribution in [-0.2, 0) is 25.4 Å². The van der Waals surface area contributed by atoms with Crippen molar-refractivity contribution in [2.24, 2.45) is 19.1 Å². The number of guanidine groups is 1. The quantitative estimate of drug-likeness (QED) is 0.282. The van der Waals surface area contributed by atoms with Gasteiger partial charge in [0.15, 0.2) is 11.8 Å². The Bertz CT molecular complexity index is 891. The summed E-state index contributed by atoms with van der Waals surface area (Å²) in [7, 11) is 3.94. The molecule has 0 amide bonds. The van der Waals surface area contributed by atoms with Gasteiger partial charge in [-0.05, 0) is 19.8 Å². The maximum absolute atomic E-state index is 5.45. The van der Waals surface area contributed by atoms with Gasteiger partial charge < -0.3 is 24.8 Å². The Morgan fingerprint density at radius 1 is 1.21 bits per heavy atom. The largest absolute Gasteiger partial charge is 0.379 e. The number of piperidine rings is 1. The number of halogens is 1. The number of nitrogens with one attached hydrogen (secondary N) is 2. The standard InChI is InChI=1S/C21H36N10O.HI/c1-17-26-27-20(29(17)3)14-23-21(22-6-8-30-9-11-32-12-10-30)25-18-5-4-7-31(15-18)19-13-24-28(2)16-19;/h13,16,18H,4-12,14-15H2,1-3H3,(H2,22,23,25);1H. The van der Waals surface area contributed by atoms with E-state index in [-0.39, 0.29) is 24.0 Å². The summed E-state index contributed by atoms with van der Waals surface area (Å²) in [5, 5.41) is 19.9. The minimum Gasteiger partial charge on any atom is -0.379 e. The van der Waals surface area contributed by atoms with Crippen molar-refractivity contribution in [2.75, 3.05) is 57.4 Å². The number of aromatic nitrogens is 5. The smallest absolute Gasteiger partial charge is 0.192 e. The molecule has 4 heterocycles. The summed E-state index contributed by atoms with van der Waals surface area (Å²) in [6, 6.07) is 0.319. The fraction of sp³-hybridized carbons (Fsp3) is 0.714. The van der Waals surface area contributed by atoms with Gasteiger partial charge in [0.2, 0.25) is 0 Å². The summed E-state index contributed by atoms with van der Waals surface area (Å²) in [4.78, 5) is 9.66. The van der Waals surface area contributed by atoms with E-state index in [4.69, 9.17) is 9.73 Å². The van der Waals surface area contributed by atoms with Gasteiger partial charge in [-0.15, -0.1) is 34.2 Å². The molecule has 0 aliphatic carbocycles. The van der Waals surface area contributed by atoms with E-state index in [1.54, 1.807) is 0 Å². The minimum absolute atomic E-state index is 0. The van der Waals surface area contributed by atoms with Crippen LogP contribution in [0.3, 0.4) is 0 Å². The molecule has 0 saturated carbocycles. The fourth-order valence-corrected chi connectivity index (χ4v) is 4.14. The zero-order valence-corrected chi connectivity index (χ0v) is 22.2. The summed E-state index contributed by atoms with van der Waals surface area (Å²) in [5.41, 5.74) is 1.17. The van der Waals surface area contributed by atoms with E-state index in [1.807, 2.05) is 36.5 Å². The molecule has 184 valence electrons. The van der Waals surface area contributed by atoms with Crippen LogP contribution in [0.25, 0.3) is 0 Å². The second-order valence-corrected chi connectivity index (χ2v) is 8.57. The fourth-order valence-electron chi connectivity index (χ4n) is 4.14. The molecular formula is C21H37IN10O. The van der Waals surface area contributed by atoms with Gasteiger partial charge in [-0.2, -0.15) is 5.10 Å². The van der Waals surface area contributed by atoms with Crippen LogP contribution in [0.5, 0.6) is 0 Å². The van der Waals surface area contributed by atoms with E-state index in [9.17, 15) is 0 Å². The zero-order chi connectivity index (χ0) is 22.3. The molecule has 0 spiro atoms. The Kier molecular flexibility index (Phi) is 9.74. The molecule has 0 aromatic carbocycles. The van der Waals surface area contributed by atoms with E-state index in [0.29, 0.717) is 12.6 Å². The number of aryl methyl sites for hydroxylation is 2. The molecule has 2 N–H and O–H groups in total. The minimum atomic E-state index is 0. The topological polar surface area (TPSA) is 101 Å². The van der Waals surface area contributed by atoms with E-state index in [2.05, 4.69) is 41.9 Å². The van der Waals surface area contributed by atoms with Gasteiger partial charge in [0.1, 0.15) is 12.4 Å². The highest BCUT2D eigenvalue weighted by molar-refractivity contribution is 14.0. The first-order valence-corrected chi connectivity index (χ1v) is 11.5. The third-order valence-corrected chi connectivity index (χ3v) is 6.20. The number of ether oxygens (including phenoxy) is 1. The lowest BCUT2D eigenvalue weighted by molar-refractivity contribution is 0.0389. The van der Waals surface area contributed by atoms with Crippen LogP contribution in [-0.4, -0.2) is 93.9 Å². The Morgan fingerprint density at radius 2 is 2.03 bits per heavy atom. The molecular weight excluding hydrogens is 535 g/mol. The Morgan fingerprint density at radius 3 is 2.73 bits per heavy atom. The molecule has 12 heteroatoms. The summed E-state index contributed by atoms with van der Waals surface area (Å²) in [6.07, 6.45) is 6.27. The van der Waals surface area contributed by atoms with Gasteiger partial charge in [0.05, 0.1) is 25.1 Å². The van der Waals surface area contributed by atoms with Crippen LogP contribution in [0, 0.1) is 6.92 Å². The van der Waals surface area contributed by atoms with Gasteiger partial charge in [0.25, 0.3) is 0 Å². The van der Waals surface area contributed by atoms with Crippen LogP contribution < -0.4 is 15.5 Å². The monoisotopic (exact) mass is 572 g/mol. The molecule has 1 atom stereocenters. The highest BCUT2D eigenvalue weighted by Crippen LogP contribution is 2.19. The van der Waals surface area contributed by atoms with Crippen molar-refractivity contribution in [3.63, 3.8) is 0 Å². The normalized spacial score (nSPS) is 19.9. The van der Waals surface area contributed by atoms with Crippen LogP contribution in [0.1, 0.15) is 24.5 Å². The van der Waals surface area contributed by atoms with Crippen molar-refractivity contribution in [1.29, 1.82) is 0 Å². The predicted molar refractivity (Wildman–Crippen MR) is 139 cm³/mol. The van der Waals surface area contributed by atoms with Crippen LogP contribution >= 0.6 is 24.0 Å². The van der Waals surface area contributed by atoms with E-state index in [1.165, 1.54) is 5.69 Å². The Hall–Kier alpha value is -1.93. The van der Waals surface area contributed by atoms with Crippen LogP contribution in [0.2, 0.25) is 0 Å². The van der Waals surface area contributed by atoms with E-state index < -0.39 is 0 Å². The summed E-state index contributed by atoms with van der Waals surface area (Å²) < 4.78 is 9.29. The number of aliphatic imine (C=N–C) groups is 1. The molecule has 2 aromatic heterocycles. The molecule has 2 aliphatic rings. The third kappa shape index (κ3) is 7.27. The van der Waals surface area contributed by atoms with Crippen molar-refractivity contribution in [3.8, 4) is 0 Å². The molecule has 2 saturated heterocycles. The Balaban J connectivity index is 0.00000306. The molecule has 2 aromatic rings. The average Bonchev–Trinajstić information content (AvgIpc) is 3.38. The lowest BCUT2D eigenvalue weighted by atomic mass is 10.1.